The van der Waals surface area contributed by atoms with E-state index in [0.717, 1.165) is 18.4 Å². The molecule has 1 fully saturated rings. The first-order valence-electron chi connectivity index (χ1n) is 7.96. The number of likely N-dealkylation sites (tertiary alicyclic amines) is 1. The molecule has 2 amide bonds. The average Bonchev–Trinajstić information content (AvgIpc) is 2.56. The lowest BCUT2D eigenvalue weighted by molar-refractivity contribution is -0.136. The average molecular weight is 356 g/mol. The fourth-order valence-electron chi connectivity index (χ4n) is 2.76. The van der Waals surface area contributed by atoms with Crippen LogP contribution in [0.1, 0.15) is 18.4 Å². The van der Waals surface area contributed by atoms with Crippen molar-refractivity contribution in [3.63, 3.8) is 0 Å². The van der Waals surface area contributed by atoms with Crippen molar-refractivity contribution in [3.05, 3.63) is 35.9 Å². The van der Waals surface area contributed by atoms with Gasteiger partial charge >= 0.3 is 0 Å². The first kappa shape index (κ1) is 20.4. The summed E-state index contributed by atoms with van der Waals surface area (Å²) >= 11 is 0. The zero-order valence-electron chi connectivity index (χ0n) is 13.9. The minimum Gasteiger partial charge on any atom is -0.375 e. The maximum atomic E-state index is 12.2. The van der Waals surface area contributed by atoms with Crippen molar-refractivity contribution in [3.8, 4) is 0 Å². The molecule has 0 spiro atoms. The Labute approximate surface area is 149 Å². The van der Waals surface area contributed by atoms with Gasteiger partial charge < -0.3 is 20.7 Å². The van der Waals surface area contributed by atoms with Crippen LogP contribution >= 0.6 is 12.4 Å². The molecule has 0 saturated carbocycles. The number of carbonyl (C=O) groups excluding carboxylic acids is 2. The van der Waals surface area contributed by atoms with Gasteiger partial charge in [0.05, 0.1) is 6.04 Å². The van der Waals surface area contributed by atoms with Crippen molar-refractivity contribution < 1.29 is 14.3 Å². The molecule has 1 aliphatic rings. The van der Waals surface area contributed by atoms with Crippen LogP contribution in [0.4, 0.5) is 0 Å². The van der Waals surface area contributed by atoms with Crippen LogP contribution in [0.3, 0.4) is 0 Å². The van der Waals surface area contributed by atoms with Gasteiger partial charge in [0, 0.05) is 26.2 Å². The zero-order chi connectivity index (χ0) is 16.7. The number of benzene rings is 1. The van der Waals surface area contributed by atoms with Gasteiger partial charge in [-0.2, -0.15) is 0 Å². The molecule has 134 valence electrons. The summed E-state index contributed by atoms with van der Waals surface area (Å²) in [7, 11) is 1.51. The van der Waals surface area contributed by atoms with E-state index in [0.29, 0.717) is 19.5 Å². The number of nitrogens with one attached hydrogen (secondary N) is 1. The van der Waals surface area contributed by atoms with Gasteiger partial charge in [-0.25, -0.2) is 0 Å². The van der Waals surface area contributed by atoms with Crippen molar-refractivity contribution in [2.75, 3.05) is 26.8 Å². The first-order valence-corrected chi connectivity index (χ1v) is 7.96. The van der Waals surface area contributed by atoms with E-state index in [1.165, 1.54) is 7.11 Å². The third-order valence-corrected chi connectivity index (χ3v) is 4.10. The third kappa shape index (κ3) is 6.11. The van der Waals surface area contributed by atoms with Gasteiger partial charge in [0.2, 0.25) is 11.8 Å². The summed E-state index contributed by atoms with van der Waals surface area (Å²) < 4.78 is 4.86. The van der Waals surface area contributed by atoms with Crippen LogP contribution in [0.2, 0.25) is 0 Å². The number of rotatable bonds is 6. The molecule has 1 aliphatic heterocycles. The molecular weight excluding hydrogens is 330 g/mol. The smallest absolute Gasteiger partial charge is 0.248 e. The number of hydrogen-bond acceptors (Lipinski definition) is 4. The van der Waals surface area contributed by atoms with Gasteiger partial charge in [-0.3, -0.25) is 9.59 Å². The summed E-state index contributed by atoms with van der Waals surface area (Å²) in [5.41, 5.74) is 7.04. The second kappa shape index (κ2) is 10.3. The molecule has 0 bridgehead atoms. The van der Waals surface area contributed by atoms with Crippen molar-refractivity contribution >= 4 is 24.2 Å². The molecule has 7 heteroatoms. The molecular formula is C17H26ClN3O3. The van der Waals surface area contributed by atoms with Gasteiger partial charge in [0.1, 0.15) is 6.61 Å². The normalized spacial score (nSPS) is 16.2. The number of hydrogen-bond donors (Lipinski definition) is 2. The Hall–Kier alpha value is -1.63. The zero-order valence-corrected chi connectivity index (χ0v) is 14.8. The predicted octanol–water partition coefficient (Wildman–Crippen LogP) is 0.732. The quantitative estimate of drug-likeness (QED) is 0.788. The molecule has 6 nitrogen and oxygen atoms in total. The Morgan fingerprint density at radius 2 is 1.92 bits per heavy atom. The van der Waals surface area contributed by atoms with Crippen molar-refractivity contribution in [2.24, 2.45) is 5.73 Å². The Bertz CT molecular complexity index is 519. The summed E-state index contributed by atoms with van der Waals surface area (Å²) in [5.74, 6) is -0.131. The minimum atomic E-state index is -0.550. The Morgan fingerprint density at radius 3 is 2.50 bits per heavy atom. The van der Waals surface area contributed by atoms with Crippen LogP contribution in [-0.2, 0) is 20.7 Å². The van der Waals surface area contributed by atoms with Crippen LogP contribution in [0.15, 0.2) is 30.3 Å². The van der Waals surface area contributed by atoms with Gasteiger partial charge in [0.15, 0.2) is 0 Å². The predicted molar refractivity (Wildman–Crippen MR) is 95.0 cm³/mol. The van der Waals surface area contributed by atoms with Crippen molar-refractivity contribution in [1.82, 2.24) is 10.2 Å². The number of nitrogens with two attached hydrogens (primary N) is 1. The molecule has 2 rings (SSSR count). The molecule has 1 atom stereocenters. The monoisotopic (exact) mass is 355 g/mol. The van der Waals surface area contributed by atoms with E-state index in [-0.39, 0.29) is 36.9 Å². The lowest BCUT2D eigenvalue weighted by atomic mass is 10.0. The van der Waals surface area contributed by atoms with Gasteiger partial charge in [-0.15, -0.1) is 12.4 Å². The van der Waals surface area contributed by atoms with Crippen LogP contribution in [-0.4, -0.2) is 55.6 Å². The van der Waals surface area contributed by atoms with Gasteiger partial charge in [0.25, 0.3) is 0 Å². The highest BCUT2D eigenvalue weighted by atomic mass is 35.5. The van der Waals surface area contributed by atoms with Crippen LogP contribution in [0.25, 0.3) is 0 Å². The maximum absolute atomic E-state index is 12.2. The van der Waals surface area contributed by atoms with E-state index in [9.17, 15) is 9.59 Å². The second-order valence-corrected chi connectivity index (χ2v) is 5.89. The summed E-state index contributed by atoms with van der Waals surface area (Å²) in [6.45, 7) is 1.39. The minimum absolute atomic E-state index is 0. The van der Waals surface area contributed by atoms with E-state index in [1.807, 2.05) is 30.3 Å². The molecule has 24 heavy (non-hydrogen) atoms. The summed E-state index contributed by atoms with van der Waals surface area (Å²) in [5, 5.41) is 3.00. The highest BCUT2D eigenvalue weighted by Crippen LogP contribution is 2.11. The number of carbonyl (C=O) groups is 2. The van der Waals surface area contributed by atoms with E-state index < -0.39 is 6.04 Å². The molecule has 0 aromatic heterocycles. The van der Waals surface area contributed by atoms with Gasteiger partial charge in [-0.05, 0) is 24.8 Å². The number of methoxy groups -OCH3 is 1. The second-order valence-electron chi connectivity index (χ2n) is 5.89. The maximum Gasteiger partial charge on any atom is 0.248 e. The molecule has 3 N–H and O–H groups in total. The van der Waals surface area contributed by atoms with Crippen molar-refractivity contribution in [1.29, 1.82) is 0 Å². The number of piperidine rings is 1. The summed E-state index contributed by atoms with van der Waals surface area (Å²) in [4.78, 5) is 25.7. The Balaban J connectivity index is 0.00000288. The van der Waals surface area contributed by atoms with Crippen molar-refractivity contribution in [2.45, 2.75) is 31.3 Å². The van der Waals surface area contributed by atoms with Gasteiger partial charge in [-0.1, -0.05) is 30.3 Å². The highest BCUT2D eigenvalue weighted by molar-refractivity contribution is 5.85. The fourth-order valence-corrected chi connectivity index (χ4v) is 2.76. The molecule has 1 saturated heterocycles. The number of nitrogens with zero attached hydrogens (tertiary/aromatic N) is 1. The van der Waals surface area contributed by atoms with E-state index in [4.69, 9.17) is 10.5 Å². The fraction of sp³-hybridized carbons (Fsp3) is 0.529. The molecule has 1 aromatic carbocycles. The standard InChI is InChI=1S/C17H25N3O3.ClH/c1-23-12-16(21)20-9-7-14(8-10-20)19-17(22)15(18)11-13-5-3-2-4-6-13;/h2-6,14-15H,7-12,18H2,1H3,(H,19,22);1H. The van der Waals surface area contributed by atoms with E-state index in [2.05, 4.69) is 5.32 Å². The topological polar surface area (TPSA) is 84.7 Å². The first-order chi connectivity index (χ1) is 11.1. The summed E-state index contributed by atoms with van der Waals surface area (Å²) in [6, 6.07) is 9.27. The van der Waals surface area contributed by atoms with Crippen LogP contribution in [0, 0.1) is 0 Å². The number of halogens is 1. The third-order valence-electron chi connectivity index (χ3n) is 4.10. The number of amides is 2. The molecule has 1 unspecified atom stereocenters. The van der Waals surface area contributed by atoms with E-state index >= 15 is 0 Å². The molecule has 0 radical (unpaired) electrons. The lowest BCUT2D eigenvalue weighted by Crippen LogP contribution is -2.51. The highest BCUT2D eigenvalue weighted by Gasteiger charge is 2.25. The molecule has 1 heterocycles. The number of ether oxygens (including phenoxy) is 1. The SMILES string of the molecule is COCC(=O)N1CCC(NC(=O)C(N)Cc2ccccc2)CC1.Cl. The van der Waals surface area contributed by atoms with E-state index in [1.54, 1.807) is 4.90 Å². The molecule has 0 aliphatic carbocycles. The summed E-state index contributed by atoms with van der Waals surface area (Å²) in [6.07, 6.45) is 2.02. The Kier molecular flexibility index (Phi) is 8.74. The molecule has 1 aromatic rings. The van der Waals surface area contributed by atoms with Crippen LogP contribution in [0.5, 0.6) is 0 Å². The lowest BCUT2D eigenvalue weighted by Gasteiger charge is -2.32. The van der Waals surface area contributed by atoms with Crippen LogP contribution < -0.4 is 11.1 Å². The largest absolute Gasteiger partial charge is 0.375 e. The Morgan fingerprint density at radius 1 is 1.29 bits per heavy atom.